The fourth-order valence-corrected chi connectivity index (χ4v) is 4.48. The normalized spacial score (nSPS) is 13.5. The number of rotatable bonds is 10. The first kappa shape index (κ1) is 24.3. The molecule has 0 atom stereocenters. The third kappa shape index (κ3) is 6.21. The Bertz CT molecular complexity index is 1190. The molecule has 0 saturated heterocycles. The molecule has 0 bridgehead atoms. The average molecular weight is 475 g/mol. The van der Waals surface area contributed by atoms with Crippen molar-refractivity contribution in [1.29, 1.82) is 0 Å². The van der Waals surface area contributed by atoms with Crippen LogP contribution in [0, 0.1) is 12.8 Å². The van der Waals surface area contributed by atoms with E-state index in [0.717, 1.165) is 24.0 Å². The molecule has 0 amide bonds. The minimum Gasteiger partial charge on any atom is -0.507 e. The van der Waals surface area contributed by atoms with Gasteiger partial charge in [-0.3, -0.25) is 4.79 Å². The minimum absolute atomic E-state index is 0.00145. The number of carboxylic acid groups (broad SMARTS) is 1. The maximum atomic E-state index is 12.7. The maximum Gasteiger partial charge on any atom is 0.335 e. The van der Waals surface area contributed by atoms with Crippen molar-refractivity contribution in [2.75, 3.05) is 0 Å². The molecule has 0 aliphatic heterocycles. The number of carbonyl (C=O) groups excluding carboxylic acids is 1. The van der Waals surface area contributed by atoms with Crippen LogP contribution >= 0.6 is 0 Å². The first-order valence-electron chi connectivity index (χ1n) is 11.9. The topological polar surface area (TPSA) is 93.1 Å². The molecular formula is C29H30O6. The molecule has 1 fully saturated rings. The number of aromatic carboxylic acids is 1. The molecule has 3 aromatic rings. The summed E-state index contributed by atoms with van der Waals surface area (Å²) < 4.78 is 11.7. The summed E-state index contributed by atoms with van der Waals surface area (Å²) in [5.74, 6) is 0.581. The highest BCUT2D eigenvalue weighted by Gasteiger charge is 2.22. The lowest BCUT2D eigenvalue weighted by molar-refractivity contribution is 0.0696. The van der Waals surface area contributed by atoms with Crippen LogP contribution in [-0.2, 0) is 13.2 Å². The molecule has 0 spiro atoms. The van der Waals surface area contributed by atoms with E-state index < -0.39 is 5.97 Å². The number of hydrogen-bond acceptors (Lipinski definition) is 5. The number of ketones is 1. The summed E-state index contributed by atoms with van der Waals surface area (Å²) >= 11 is 0. The van der Waals surface area contributed by atoms with Gasteiger partial charge in [0.1, 0.15) is 30.5 Å². The van der Waals surface area contributed by atoms with E-state index in [4.69, 9.17) is 14.6 Å². The van der Waals surface area contributed by atoms with E-state index in [1.54, 1.807) is 31.2 Å². The molecule has 1 aliphatic rings. The number of benzene rings is 3. The SMILES string of the molecule is Cc1c(OCc2cccc(COc3ccc(C(=O)O)cc3)c2)ccc(C(=O)CC2CCCC2)c1O. The summed E-state index contributed by atoms with van der Waals surface area (Å²) in [5.41, 5.74) is 3.03. The summed E-state index contributed by atoms with van der Waals surface area (Å²) in [6, 6.07) is 17.5. The third-order valence-corrected chi connectivity index (χ3v) is 6.52. The number of phenolic OH excluding ortho intramolecular Hbond substituents is 1. The highest BCUT2D eigenvalue weighted by atomic mass is 16.5. The fourth-order valence-electron chi connectivity index (χ4n) is 4.48. The molecule has 2 N–H and O–H groups in total. The second-order valence-electron chi connectivity index (χ2n) is 9.09. The molecular weight excluding hydrogens is 444 g/mol. The van der Waals surface area contributed by atoms with E-state index in [9.17, 15) is 14.7 Å². The predicted molar refractivity (Wildman–Crippen MR) is 132 cm³/mol. The Hall–Kier alpha value is -3.80. The van der Waals surface area contributed by atoms with Gasteiger partial charge in [0.15, 0.2) is 5.78 Å². The van der Waals surface area contributed by atoms with E-state index in [1.165, 1.54) is 25.0 Å². The first-order valence-corrected chi connectivity index (χ1v) is 11.9. The van der Waals surface area contributed by atoms with E-state index in [-0.39, 0.29) is 17.1 Å². The first-order chi connectivity index (χ1) is 16.9. The Kier molecular flexibility index (Phi) is 7.70. The van der Waals surface area contributed by atoms with E-state index >= 15 is 0 Å². The highest BCUT2D eigenvalue weighted by Crippen LogP contribution is 2.34. The van der Waals surface area contributed by atoms with Crippen LogP contribution in [0.15, 0.2) is 60.7 Å². The van der Waals surface area contributed by atoms with Crippen LogP contribution in [0.1, 0.15) is 69.5 Å². The van der Waals surface area contributed by atoms with Crippen molar-refractivity contribution in [3.8, 4) is 17.2 Å². The number of phenols is 1. The lowest BCUT2D eigenvalue weighted by Gasteiger charge is -2.14. The molecule has 1 saturated carbocycles. The van der Waals surface area contributed by atoms with Gasteiger partial charge in [-0.25, -0.2) is 4.79 Å². The Morgan fingerprint density at radius 3 is 2.23 bits per heavy atom. The van der Waals surface area contributed by atoms with Gasteiger partial charge in [0.2, 0.25) is 0 Å². The Morgan fingerprint density at radius 2 is 1.57 bits per heavy atom. The second-order valence-corrected chi connectivity index (χ2v) is 9.09. The van der Waals surface area contributed by atoms with Crippen LogP contribution in [0.25, 0.3) is 0 Å². The van der Waals surface area contributed by atoms with Gasteiger partial charge in [0.25, 0.3) is 0 Å². The summed E-state index contributed by atoms with van der Waals surface area (Å²) in [6.45, 7) is 2.39. The summed E-state index contributed by atoms with van der Waals surface area (Å²) in [4.78, 5) is 23.6. The summed E-state index contributed by atoms with van der Waals surface area (Å²) in [5, 5.41) is 19.6. The largest absolute Gasteiger partial charge is 0.507 e. The van der Waals surface area contributed by atoms with Gasteiger partial charge in [-0.2, -0.15) is 0 Å². The van der Waals surface area contributed by atoms with E-state index in [1.807, 2.05) is 24.3 Å². The number of carboxylic acids is 1. The molecule has 1 aliphatic carbocycles. The smallest absolute Gasteiger partial charge is 0.335 e. The predicted octanol–water partition coefficient (Wildman–Crippen LogP) is 6.32. The zero-order valence-corrected chi connectivity index (χ0v) is 19.8. The monoisotopic (exact) mass is 474 g/mol. The van der Waals surface area contributed by atoms with Crippen LogP contribution in [0.2, 0.25) is 0 Å². The average Bonchev–Trinajstić information content (AvgIpc) is 3.37. The van der Waals surface area contributed by atoms with Crippen LogP contribution < -0.4 is 9.47 Å². The Labute approximate surface area is 205 Å². The lowest BCUT2D eigenvalue weighted by atomic mass is 9.95. The quantitative estimate of drug-likeness (QED) is 0.334. The lowest BCUT2D eigenvalue weighted by Crippen LogP contribution is -2.07. The number of ether oxygens (including phenoxy) is 2. The van der Waals surface area contributed by atoms with Crippen molar-refractivity contribution in [2.24, 2.45) is 5.92 Å². The Balaban J connectivity index is 1.35. The molecule has 0 heterocycles. The zero-order valence-electron chi connectivity index (χ0n) is 19.8. The standard InChI is InChI=1S/C29H30O6/c1-19-27(14-13-25(28(19)31)26(30)16-20-5-2-3-6-20)35-18-22-8-4-7-21(15-22)17-34-24-11-9-23(10-12-24)29(32)33/h4,7-15,20,31H,2-3,5-6,16-18H2,1H3,(H,32,33). The highest BCUT2D eigenvalue weighted by molar-refractivity contribution is 5.99. The van der Waals surface area contributed by atoms with Gasteiger partial charge in [-0.05, 0) is 66.4 Å². The van der Waals surface area contributed by atoms with Gasteiger partial charge < -0.3 is 19.7 Å². The third-order valence-electron chi connectivity index (χ3n) is 6.52. The number of Topliss-reactive ketones (excluding diaryl/α,β-unsaturated/α-hetero) is 1. The van der Waals surface area contributed by atoms with Gasteiger partial charge in [-0.15, -0.1) is 0 Å². The second kappa shape index (κ2) is 11.1. The maximum absolute atomic E-state index is 12.7. The van der Waals surface area contributed by atoms with E-state index in [2.05, 4.69) is 0 Å². The molecule has 3 aromatic carbocycles. The van der Waals surface area contributed by atoms with E-state index in [0.29, 0.717) is 48.2 Å². The molecule has 0 radical (unpaired) electrons. The fraction of sp³-hybridized carbons (Fsp3) is 0.310. The summed E-state index contributed by atoms with van der Waals surface area (Å²) in [7, 11) is 0. The molecule has 0 unspecified atom stereocenters. The molecule has 6 heteroatoms. The van der Waals surface area contributed by atoms with Crippen LogP contribution in [-0.4, -0.2) is 22.0 Å². The zero-order chi connectivity index (χ0) is 24.8. The van der Waals surface area contributed by atoms with Gasteiger partial charge in [0.05, 0.1) is 11.1 Å². The minimum atomic E-state index is -0.974. The van der Waals surface area contributed by atoms with Crippen LogP contribution in [0.4, 0.5) is 0 Å². The van der Waals surface area contributed by atoms with Crippen molar-refractivity contribution < 1.29 is 29.3 Å². The van der Waals surface area contributed by atoms with Crippen molar-refractivity contribution >= 4 is 11.8 Å². The van der Waals surface area contributed by atoms with Gasteiger partial charge in [-0.1, -0.05) is 43.9 Å². The van der Waals surface area contributed by atoms with Crippen LogP contribution in [0.3, 0.4) is 0 Å². The van der Waals surface area contributed by atoms with Gasteiger partial charge >= 0.3 is 5.97 Å². The molecule has 0 aromatic heterocycles. The molecule has 182 valence electrons. The van der Waals surface area contributed by atoms with Crippen molar-refractivity contribution in [3.63, 3.8) is 0 Å². The number of aromatic hydroxyl groups is 1. The van der Waals surface area contributed by atoms with Crippen molar-refractivity contribution in [2.45, 2.75) is 52.2 Å². The Morgan fingerprint density at radius 1 is 0.914 bits per heavy atom. The van der Waals surface area contributed by atoms with Gasteiger partial charge in [0, 0.05) is 12.0 Å². The van der Waals surface area contributed by atoms with Crippen molar-refractivity contribution in [1.82, 2.24) is 0 Å². The molecule has 4 rings (SSSR count). The number of hydrogen-bond donors (Lipinski definition) is 2. The molecule has 35 heavy (non-hydrogen) atoms. The summed E-state index contributed by atoms with van der Waals surface area (Å²) in [6.07, 6.45) is 5.04. The number of carbonyl (C=O) groups is 2. The van der Waals surface area contributed by atoms with Crippen molar-refractivity contribution in [3.05, 3.63) is 88.5 Å². The molecule has 6 nitrogen and oxygen atoms in total. The van der Waals surface area contributed by atoms with Crippen LogP contribution in [0.5, 0.6) is 17.2 Å².